The van der Waals surface area contributed by atoms with Crippen molar-refractivity contribution in [2.45, 2.75) is 6.92 Å². The van der Waals surface area contributed by atoms with Gasteiger partial charge in [0.15, 0.2) is 17.3 Å². The second kappa shape index (κ2) is 3.90. The van der Waals surface area contributed by atoms with Crippen LogP contribution in [0.1, 0.15) is 15.9 Å². The summed E-state index contributed by atoms with van der Waals surface area (Å²) in [6.07, 6.45) is 0. The lowest BCUT2D eigenvalue weighted by Gasteiger charge is -2.22. The molecule has 0 radical (unpaired) electrons. The highest BCUT2D eigenvalue weighted by atomic mass is 16.6. The molecule has 0 spiro atoms. The van der Waals surface area contributed by atoms with Crippen molar-refractivity contribution in [3.8, 4) is 11.5 Å². The number of hydrogen-bond acceptors (Lipinski definition) is 4. The Kier molecular flexibility index (Phi) is 2.60. The van der Waals surface area contributed by atoms with E-state index in [4.69, 9.17) is 15.2 Å². The number of aryl methyl sites for hydroxylation is 1. The molecule has 0 bridgehead atoms. The van der Waals surface area contributed by atoms with Crippen LogP contribution in [0.4, 0.5) is 0 Å². The summed E-state index contributed by atoms with van der Waals surface area (Å²) in [6.45, 7) is 2.90. The molecule has 0 saturated carbocycles. The van der Waals surface area contributed by atoms with Gasteiger partial charge in [0.25, 0.3) is 0 Å². The topological polar surface area (TPSA) is 61.6 Å². The van der Waals surface area contributed by atoms with Gasteiger partial charge in [0.2, 0.25) is 0 Å². The average Bonchev–Trinajstić information content (AvgIpc) is 2.29. The molecule has 0 unspecified atom stereocenters. The molecule has 0 aromatic heterocycles. The van der Waals surface area contributed by atoms with Crippen molar-refractivity contribution in [3.05, 3.63) is 23.3 Å². The van der Waals surface area contributed by atoms with Crippen molar-refractivity contribution in [3.63, 3.8) is 0 Å². The monoisotopic (exact) mass is 207 g/mol. The van der Waals surface area contributed by atoms with Crippen LogP contribution in [0, 0.1) is 6.92 Å². The first-order valence-corrected chi connectivity index (χ1v) is 4.86. The zero-order valence-corrected chi connectivity index (χ0v) is 8.58. The number of nitrogens with two attached hydrogens (primary N) is 1. The van der Waals surface area contributed by atoms with Gasteiger partial charge in [-0.1, -0.05) is 6.07 Å². The summed E-state index contributed by atoms with van der Waals surface area (Å²) in [5.41, 5.74) is 6.81. The zero-order chi connectivity index (χ0) is 10.8. The van der Waals surface area contributed by atoms with E-state index in [9.17, 15) is 4.79 Å². The number of benzene rings is 1. The predicted molar refractivity (Wildman–Crippen MR) is 55.6 cm³/mol. The van der Waals surface area contributed by atoms with Crippen molar-refractivity contribution in [1.29, 1.82) is 0 Å². The number of hydrogen-bond donors (Lipinski definition) is 1. The Morgan fingerprint density at radius 1 is 1.33 bits per heavy atom. The van der Waals surface area contributed by atoms with Crippen molar-refractivity contribution < 1.29 is 14.3 Å². The molecule has 0 fully saturated rings. The summed E-state index contributed by atoms with van der Waals surface area (Å²) >= 11 is 0. The molecule has 2 N–H and O–H groups in total. The number of fused-ring (bicyclic) bond motifs is 1. The molecule has 0 aliphatic carbocycles. The number of Topliss-reactive ketones (excluding diaryl/α,β-unsaturated/α-hetero) is 1. The smallest absolute Gasteiger partial charge is 0.180 e. The number of rotatable bonds is 2. The molecule has 1 aromatic rings. The lowest BCUT2D eigenvalue weighted by Crippen LogP contribution is -2.21. The van der Waals surface area contributed by atoms with Crippen LogP contribution in [0.15, 0.2) is 12.1 Å². The maximum Gasteiger partial charge on any atom is 0.180 e. The van der Waals surface area contributed by atoms with Gasteiger partial charge in [-0.2, -0.15) is 0 Å². The fourth-order valence-corrected chi connectivity index (χ4v) is 1.60. The standard InChI is InChI=1S/C11H13NO3/c1-7-2-3-8(9(13)6-12)11-10(7)14-4-5-15-11/h2-3H,4-6,12H2,1H3. The van der Waals surface area contributed by atoms with E-state index in [-0.39, 0.29) is 12.3 Å². The average molecular weight is 207 g/mol. The van der Waals surface area contributed by atoms with Crippen molar-refractivity contribution in [2.24, 2.45) is 5.73 Å². The van der Waals surface area contributed by atoms with E-state index in [0.29, 0.717) is 30.3 Å². The summed E-state index contributed by atoms with van der Waals surface area (Å²) in [5.74, 6) is 1.08. The normalized spacial score (nSPS) is 13.7. The lowest BCUT2D eigenvalue weighted by molar-refractivity contribution is 0.0990. The molecule has 15 heavy (non-hydrogen) atoms. The number of carbonyl (C=O) groups excluding carboxylic acids is 1. The van der Waals surface area contributed by atoms with Crippen LogP contribution in [-0.2, 0) is 0 Å². The zero-order valence-electron chi connectivity index (χ0n) is 8.58. The molecule has 1 aliphatic heterocycles. The number of ether oxygens (including phenoxy) is 2. The summed E-state index contributed by atoms with van der Waals surface area (Å²) in [6, 6.07) is 3.58. The van der Waals surface area contributed by atoms with E-state index in [1.54, 1.807) is 6.07 Å². The largest absolute Gasteiger partial charge is 0.486 e. The molecule has 1 aliphatic rings. The Balaban J connectivity index is 2.52. The van der Waals surface area contributed by atoms with E-state index >= 15 is 0 Å². The van der Waals surface area contributed by atoms with E-state index in [0.717, 1.165) is 5.56 Å². The highest BCUT2D eigenvalue weighted by Gasteiger charge is 2.21. The lowest BCUT2D eigenvalue weighted by atomic mass is 10.1. The summed E-state index contributed by atoms with van der Waals surface area (Å²) in [7, 11) is 0. The fourth-order valence-electron chi connectivity index (χ4n) is 1.60. The minimum absolute atomic E-state index is 0.0150. The Bertz CT molecular complexity index is 401. The molecule has 0 amide bonds. The fraction of sp³-hybridized carbons (Fsp3) is 0.364. The van der Waals surface area contributed by atoms with E-state index < -0.39 is 0 Å². The third-order valence-corrected chi connectivity index (χ3v) is 2.37. The Morgan fingerprint density at radius 2 is 2.00 bits per heavy atom. The molecule has 1 aromatic carbocycles. The maximum absolute atomic E-state index is 11.5. The molecule has 0 atom stereocenters. The molecule has 0 saturated heterocycles. The van der Waals surface area contributed by atoms with Crippen molar-refractivity contribution >= 4 is 5.78 Å². The van der Waals surface area contributed by atoms with E-state index in [1.807, 2.05) is 13.0 Å². The maximum atomic E-state index is 11.5. The van der Waals surface area contributed by atoms with Gasteiger partial charge in [0.05, 0.1) is 12.1 Å². The third kappa shape index (κ3) is 1.68. The van der Waals surface area contributed by atoms with Crippen LogP contribution < -0.4 is 15.2 Å². The highest BCUT2D eigenvalue weighted by Crippen LogP contribution is 2.36. The second-order valence-electron chi connectivity index (χ2n) is 3.41. The second-order valence-corrected chi connectivity index (χ2v) is 3.41. The van der Waals surface area contributed by atoms with Crippen LogP contribution in [0.25, 0.3) is 0 Å². The molecular weight excluding hydrogens is 194 g/mol. The van der Waals surface area contributed by atoms with Gasteiger partial charge in [0, 0.05) is 0 Å². The van der Waals surface area contributed by atoms with Gasteiger partial charge in [0.1, 0.15) is 13.2 Å². The quantitative estimate of drug-likeness (QED) is 0.732. The SMILES string of the molecule is Cc1ccc(C(=O)CN)c2c1OCCO2. The first-order valence-electron chi connectivity index (χ1n) is 4.86. The van der Waals surface area contributed by atoms with E-state index in [1.165, 1.54) is 0 Å². The summed E-state index contributed by atoms with van der Waals surface area (Å²) in [4.78, 5) is 11.5. The Labute approximate surface area is 88.0 Å². The minimum Gasteiger partial charge on any atom is -0.486 e. The molecule has 2 rings (SSSR count). The highest BCUT2D eigenvalue weighted by molar-refractivity contribution is 6.01. The van der Waals surface area contributed by atoms with Gasteiger partial charge in [-0.05, 0) is 18.6 Å². The van der Waals surface area contributed by atoms with Crippen LogP contribution in [-0.4, -0.2) is 25.5 Å². The Hall–Kier alpha value is -1.55. The molecule has 80 valence electrons. The molecule has 4 nitrogen and oxygen atoms in total. The van der Waals surface area contributed by atoms with Crippen LogP contribution in [0.2, 0.25) is 0 Å². The minimum atomic E-state index is -0.128. The van der Waals surface area contributed by atoms with Crippen molar-refractivity contribution in [1.82, 2.24) is 0 Å². The summed E-state index contributed by atoms with van der Waals surface area (Å²) < 4.78 is 10.9. The van der Waals surface area contributed by atoms with Gasteiger partial charge in [-0.15, -0.1) is 0 Å². The van der Waals surface area contributed by atoms with Gasteiger partial charge < -0.3 is 15.2 Å². The number of ketones is 1. The molecular formula is C11H13NO3. The number of carbonyl (C=O) groups is 1. The predicted octanol–water partition coefficient (Wildman–Crippen LogP) is 0.908. The van der Waals surface area contributed by atoms with Crippen LogP contribution >= 0.6 is 0 Å². The van der Waals surface area contributed by atoms with E-state index in [2.05, 4.69) is 0 Å². The third-order valence-electron chi connectivity index (χ3n) is 2.37. The first-order chi connectivity index (χ1) is 7.24. The van der Waals surface area contributed by atoms with Crippen LogP contribution in [0.3, 0.4) is 0 Å². The Morgan fingerprint density at radius 3 is 2.67 bits per heavy atom. The van der Waals surface area contributed by atoms with Crippen LogP contribution in [0.5, 0.6) is 11.5 Å². The summed E-state index contributed by atoms with van der Waals surface area (Å²) in [5, 5.41) is 0. The van der Waals surface area contributed by atoms with Gasteiger partial charge >= 0.3 is 0 Å². The van der Waals surface area contributed by atoms with Crippen molar-refractivity contribution in [2.75, 3.05) is 19.8 Å². The first kappa shape index (κ1) is 9.98. The molecule has 4 heteroatoms. The van der Waals surface area contributed by atoms with Gasteiger partial charge in [-0.3, -0.25) is 4.79 Å². The molecule has 1 heterocycles. The van der Waals surface area contributed by atoms with Gasteiger partial charge in [-0.25, -0.2) is 0 Å².